The number of anilines is 1. The lowest BCUT2D eigenvalue weighted by atomic mass is 9.96. The van der Waals surface area contributed by atoms with Gasteiger partial charge in [-0.1, -0.05) is 0 Å². The third-order valence-corrected chi connectivity index (χ3v) is 3.74. The first-order chi connectivity index (χ1) is 9.65. The summed E-state index contributed by atoms with van der Waals surface area (Å²) < 4.78 is 0. The average Bonchev–Trinajstić information content (AvgIpc) is 2.46. The van der Waals surface area contributed by atoms with Crippen LogP contribution in [0.25, 0.3) is 0 Å². The summed E-state index contributed by atoms with van der Waals surface area (Å²) in [6.45, 7) is 4.71. The van der Waals surface area contributed by atoms with Crippen molar-refractivity contribution in [1.82, 2.24) is 10.3 Å². The Labute approximate surface area is 120 Å². The molecule has 5 nitrogen and oxygen atoms in total. The molecule has 1 fully saturated rings. The molecule has 0 aliphatic carbocycles. The van der Waals surface area contributed by atoms with Crippen molar-refractivity contribution in [3.05, 3.63) is 24.5 Å². The van der Waals surface area contributed by atoms with Gasteiger partial charge in [-0.2, -0.15) is 0 Å². The van der Waals surface area contributed by atoms with Crippen LogP contribution in [0.2, 0.25) is 0 Å². The van der Waals surface area contributed by atoms with Gasteiger partial charge in [-0.05, 0) is 37.8 Å². The van der Waals surface area contributed by atoms with E-state index >= 15 is 0 Å². The van der Waals surface area contributed by atoms with Gasteiger partial charge < -0.3 is 16.0 Å². The van der Waals surface area contributed by atoms with Gasteiger partial charge in [-0.3, -0.25) is 9.78 Å². The molecule has 110 valence electrons. The van der Waals surface area contributed by atoms with Crippen LogP contribution in [-0.4, -0.2) is 36.6 Å². The zero-order chi connectivity index (χ0) is 14.4. The molecule has 0 bridgehead atoms. The minimum atomic E-state index is -0.0662. The number of pyridine rings is 1. The summed E-state index contributed by atoms with van der Waals surface area (Å²) in [6, 6.07) is 4.03. The van der Waals surface area contributed by atoms with Crippen LogP contribution in [0, 0.1) is 5.92 Å². The Morgan fingerprint density at radius 1 is 1.45 bits per heavy atom. The van der Waals surface area contributed by atoms with Gasteiger partial charge in [0.1, 0.15) is 0 Å². The van der Waals surface area contributed by atoms with Crippen molar-refractivity contribution in [3.63, 3.8) is 0 Å². The van der Waals surface area contributed by atoms with Gasteiger partial charge in [0.05, 0.1) is 0 Å². The topological polar surface area (TPSA) is 71.2 Å². The molecule has 1 aromatic rings. The van der Waals surface area contributed by atoms with E-state index in [1.165, 1.54) is 5.69 Å². The van der Waals surface area contributed by atoms with E-state index in [0.29, 0.717) is 12.3 Å². The highest BCUT2D eigenvalue weighted by Crippen LogP contribution is 2.22. The number of amides is 1. The van der Waals surface area contributed by atoms with E-state index in [9.17, 15) is 4.79 Å². The predicted octanol–water partition coefficient (Wildman–Crippen LogP) is 1.15. The molecule has 1 saturated heterocycles. The lowest BCUT2D eigenvalue weighted by Crippen LogP contribution is -2.39. The Morgan fingerprint density at radius 3 is 2.70 bits per heavy atom. The second-order valence-electron chi connectivity index (χ2n) is 5.62. The fourth-order valence-corrected chi connectivity index (χ4v) is 2.57. The second kappa shape index (κ2) is 7.24. The van der Waals surface area contributed by atoms with Crippen molar-refractivity contribution >= 4 is 11.6 Å². The van der Waals surface area contributed by atoms with Crippen LogP contribution in [0.1, 0.15) is 26.2 Å². The summed E-state index contributed by atoms with van der Waals surface area (Å²) in [5.74, 6) is 0.640. The number of piperidine rings is 1. The molecular formula is C15H24N4O. The van der Waals surface area contributed by atoms with Gasteiger partial charge in [-0.25, -0.2) is 0 Å². The standard InChI is InChI=1S/C15H24N4O/c1-12(16)10-15(20)18-11-13-4-8-19(9-5-13)14-2-6-17-7-3-14/h2-3,6-7,12-13H,4-5,8-11,16H2,1H3,(H,18,20). The van der Waals surface area contributed by atoms with E-state index in [-0.39, 0.29) is 11.9 Å². The number of nitrogens with zero attached hydrogens (tertiary/aromatic N) is 2. The molecule has 5 heteroatoms. The first-order valence-electron chi connectivity index (χ1n) is 7.32. The second-order valence-corrected chi connectivity index (χ2v) is 5.62. The number of hydrogen-bond acceptors (Lipinski definition) is 4. The van der Waals surface area contributed by atoms with Gasteiger partial charge in [-0.15, -0.1) is 0 Å². The molecule has 3 N–H and O–H groups in total. The van der Waals surface area contributed by atoms with E-state index in [0.717, 1.165) is 32.5 Å². The van der Waals surface area contributed by atoms with Crippen LogP contribution < -0.4 is 16.0 Å². The Morgan fingerprint density at radius 2 is 2.10 bits per heavy atom. The van der Waals surface area contributed by atoms with E-state index < -0.39 is 0 Å². The molecular weight excluding hydrogens is 252 g/mol. The summed E-state index contributed by atoms with van der Waals surface area (Å²) in [5, 5.41) is 2.99. The summed E-state index contributed by atoms with van der Waals surface area (Å²) in [5.41, 5.74) is 6.85. The van der Waals surface area contributed by atoms with Gasteiger partial charge >= 0.3 is 0 Å². The van der Waals surface area contributed by atoms with Gasteiger partial charge in [0, 0.05) is 50.2 Å². The van der Waals surface area contributed by atoms with Crippen LogP contribution >= 0.6 is 0 Å². The van der Waals surface area contributed by atoms with Crippen molar-refractivity contribution in [2.45, 2.75) is 32.2 Å². The Kier molecular flexibility index (Phi) is 5.35. The molecule has 1 aliphatic rings. The quantitative estimate of drug-likeness (QED) is 0.846. The minimum absolute atomic E-state index is 0.0662. The monoisotopic (exact) mass is 276 g/mol. The van der Waals surface area contributed by atoms with Gasteiger partial charge in [0.15, 0.2) is 0 Å². The van der Waals surface area contributed by atoms with Crippen LogP contribution in [0.15, 0.2) is 24.5 Å². The maximum atomic E-state index is 11.6. The first kappa shape index (κ1) is 14.8. The lowest BCUT2D eigenvalue weighted by Gasteiger charge is -2.33. The maximum absolute atomic E-state index is 11.6. The summed E-state index contributed by atoms with van der Waals surface area (Å²) >= 11 is 0. The Bertz CT molecular complexity index is 413. The number of aromatic nitrogens is 1. The smallest absolute Gasteiger partial charge is 0.221 e. The predicted molar refractivity (Wildman–Crippen MR) is 80.5 cm³/mol. The van der Waals surface area contributed by atoms with Crippen molar-refractivity contribution in [3.8, 4) is 0 Å². The molecule has 1 aliphatic heterocycles. The first-order valence-corrected chi connectivity index (χ1v) is 7.32. The Balaban J connectivity index is 1.71. The van der Waals surface area contributed by atoms with Crippen LogP contribution in [0.3, 0.4) is 0 Å². The molecule has 0 saturated carbocycles. The van der Waals surface area contributed by atoms with Crippen molar-refractivity contribution in [2.75, 3.05) is 24.5 Å². The molecule has 0 radical (unpaired) electrons. The zero-order valence-electron chi connectivity index (χ0n) is 12.1. The number of nitrogens with two attached hydrogens (primary N) is 1. The van der Waals surface area contributed by atoms with E-state index in [1.807, 2.05) is 31.5 Å². The highest BCUT2D eigenvalue weighted by molar-refractivity contribution is 5.76. The third-order valence-electron chi connectivity index (χ3n) is 3.74. The van der Waals surface area contributed by atoms with Gasteiger partial charge in [0.25, 0.3) is 0 Å². The molecule has 2 rings (SSSR count). The SMILES string of the molecule is CC(N)CC(=O)NCC1CCN(c2ccncc2)CC1. The fraction of sp³-hybridized carbons (Fsp3) is 0.600. The number of rotatable bonds is 5. The van der Waals surface area contributed by atoms with Crippen LogP contribution in [0.4, 0.5) is 5.69 Å². The normalized spacial score (nSPS) is 17.8. The van der Waals surface area contributed by atoms with E-state index in [4.69, 9.17) is 5.73 Å². The highest BCUT2D eigenvalue weighted by Gasteiger charge is 2.19. The van der Waals surface area contributed by atoms with Crippen molar-refractivity contribution in [2.24, 2.45) is 11.7 Å². The van der Waals surface area contributed by atoms with Crippen molar-refractivity contribution in [1.29, 1.82) is 0 Å². The molecule has 1 aromatic heterocycles. The number of carbonyl (C=O) groups is 1. The maximum Gasteiger partial charge on any atom is 0.221 e. The molecule has 0 aromatic carbocycles. The third kappa shape index (κ3) is 4.49. The summed E-state index contributed by atoms with van der Waals surface area (Å²) in [7, 11) is 0. The molecule has 1 atom stereocenters. The zero-order valence-corrected chi connectivity index (χ0v) is 12.1. The largest absolute Gasteiger partial charge is 0.371 e. The van der Waals surface area contributed by atoms with Crippen LogP contribution in [-0.2, 0) is 4.79 Å². The fourth-order valence-electron chi connectivity index (χ4n) is 2.57. The number of nitrogens with one attached hydrogen (secondary N) is 1. The molecule has 20 heavy (non-hydrogen) atoms. The lowest BCUT2D eigenvalue weighted by molar-refractivity contribution is -0.121. The van der Waals surface area contributed by atoms with Gasteiger partial charge in [0.2, 0.25) is 5.91 Å². The molecule has 1 amide bonds. The highest BCUT2D eigenvalue weighted by atomic mass is 16.1. The summed E-state index contributed by atoms with van der Waals surface area (Å²) in [6.07, 6.45) is 6.29. The molecule has 2 heterocycles. The molecule has 1 unspecified atom stereocenters. The van der Waals surface area contributed by atoms with Crippen LogP contribution in [0.5, 0.6) is 0 Å². The minimum Gasteiger partial charge on any atom is -0.371 e. The van der Waals surface area contributed by atoms with Crippen molar-refractivity contribution < 1.29 is 4.79 Å². The summed E-state index contributed by atoms with van der Waals surface area (Å²) in [4.78, 5) is 18.0. The number of carbonyl (C=O) groups excluding carboxylic acids is 1. The average molecular weight is 276 g/mol. The Hall–Kier alpha value is -1.62. The van der Waals surface area contributed by atoms with E-state index in [1.54, 1.807) is 0 Å². The number of hydrogen-bond donors (Lipinski definition) is 2. The molecule has 0 spiro atoms. The van der Waals surface area contributed by atoms with E-state index in [2.05, 4.69) is 15.2 Å².